The van der Waals surface area contributed by atoms with Crippen LogP contribution in [0.15, 0.2) is 90.8 Å². The van der Waals surface area contributed by atoms with Crippen LogP contribution in [0.4, 0.5) is 4.79 Å². The lowest BCUT2D eigenvalue weighted by Gasteiger charge is -2.31. The first-order valence-corrected chi connectivity index (χ1v) is 14.5. The van der Waals surface area contributed by atoms with Crippen LogP contribution in [-0.2, 0) is 17.7 Å². The first-order chi connectivity index (χ1) is 19.1. The zero-order valence-corrected chi connectivity index (χ0v) is 25.6. The minimum Gasteiger partial charge on any atom is -0.444 e. The van der Waals surface area contributed by atoms with Gasteiger partial charge in [-0.05, 0) is 58.1 Å². The number of benzene rings is 2. The van der Waals surface area contributed by atoms with Gasteiger partial charge in [0.15, 0.2) is 0 Å². The lowest BCUT2D eigenvalue weighted by molar-refractivity contribution is 0.0219. The van der Waals surface area contributed by atoms with Gasteiger partial charge in [-0.3, -0.25) is 9.36 Å². The molecule has 4 rings (SSSR count). The van der Waals surface area contributed by atoms with Crippen LogP contribution in [0.25, 0.3) is 0 Å². The Kier molecular flexibility index (Phi) is 11.1. The summed E-state index contributed by atoms with van der Waals surface area (Å²) in [5.74, 6) is 0.635. The second-order valence-electron chi connectivity index (χ2n) is 10.8. The van der Waals surface area contributed by atoms with Crippen LogP contribution in [0.5, 0.6) is 0 Å². The number of ether oxygens (including phenoxy) is 1. The standard InChI is InChI=1S/C23H29N3O3.C10H11Br/c1-6-10-20(17-11-8-7-9-12-17)26-16(2)24-19-15-25(14-13-18(19)21(26)27)22(28)29-23(3,4)5;1-2-6-10(11)9-7-4-3-5-8-9/h6-9,11-12,20H,1,10,13-15H2,2-5H3;2-5,7-8,10H,1,6H2. The van der Waals surface area contributed by atoms with E-state index in [1.165, 1.54) is 5.56 Å². The van der Waals surface area contributed by atoms with Gasteiger partial charge in [-0.25, -0.2) is 9.78 Å². The van der Waals surface area contributed by atoms with E-state index in [9.17, 15) is 9.59 Å². The Morgan fingerprint density at radius 1 is 1.02 bits per heavy atom. The first-order valence-electron chi connectivity index (χ1n) is 13.6. The fraction of sp³-hybridized carbons (Fsp3) is 0.364. The number of aryl methyl sites for hydroxylation is 1. The number of aromatic nitrogens is 2. The number of halogens is 1. The molecule has 0 radical (unpaired) electrons. The first kappa shape index (κ1) is 31.1. The van der Waals surface area contributed by atoms with Crippen LogP contribution in [0.1, 0.15) is 72.7 Å². The Labute approximate surface area is 246 Å². The van der Waals surface area contributed by atoms with Gasteiger partial charge in [0.2, 0.25) is 0 Å². The predicted octanol–water partition coefficient (Wildman–Crippen LogP) is 7.71. The number of hydrogen-bond donors (Lipinski definition) is 0. The van der Waals surface area contributed by atoms with Gasteiger partial charge in [0, 0.05) is 16.9 Å². The number of carbonyl (C=O) groups is 1. The molecule has 212 valence electrons. The summed E-state index contributed by atoms with van der Waals surface area (Å²) < 4.78 is 7.23. The Bertz CT molecular complexity index is 1350. The third kappa shape index (κ3) is 8.28. The van der Waals surface area contributed by atoms with Gasteiger partial charge in [0.25, 0.3) is 5.56 Å². The molecule has 0 bridgehead atoms. The van der Waals surface area contributed by atoms with E-state index in [4.69, 9.17) is 9.72 Å². The van der Waals surface area contributed by atoms with Crippen molar-refractivity contribution in [2.75, 3.05) is 6.54 Å². The summed E-state index contributed by atoms with van der Waals surface area (Å²) >= 11 is 3.57. The summed E-state index contributed by atoms with van der Waals surface area (Å²) in [5, 5.41) is 0. The number of hydrogen-bond acceptors (Lipinski definition) is 4. The highest BCUT2D eigenvalue weighted by Gasteiger charge is 2.29. The van der Waals surface area contributed by atoms with Crippen LogP contribution in [0, 0.1) is 6.92 Å². The highest BCUT2D eigenvalue weighted by molar-refractivity contribution is 9.09. The normalized spacial score (nSPS) is 14.2. The molecular weight excluding hydrogens is 566 g/mol. The van der Waals surface area contributed by atoms with E-state index in [0.29, 0.717) is 47.8 Å². The highest BCUT2D eigenvalue weighted by Crippen LogP contribution is 2.26. The average Bonchev–Trinajstić information content (AvgIpc) is 2.93. The smallest absolute Gasteiger partial charge is 0.410 e. The number of alkyl halides is 1. The lowest BCUT2D eigenvalue weighted by atomic mass is 10.0. The van der Waals surface area contributed by atoms with Crippen molar-refractivity contribution in [3.05, 3.63) is 125 Å². The SMILES string of the molecule is C=CCC(Br)c1ccccc1.C=CCC(c1ccccc1)n1c(C)nc2c(c1=O)CCN(C(=O)OC(C)(C)C)C2. The van der Waals surface area contributed by atoms with Crippen LogP contribution in [0.2, 0.25) is 0 Å². The molecule has 1 aromatic heterocycles. The summed E-state index contributed by atoms with van der Waals surface area (Å²) in [6, 6.07) is 20.1. The summed E-state index contributed by atoms with van der Waals surface area (Å²) in [5.41, 5.74) is 3.11. The van der Waals surface area contributed by atoms with Gasteiger partial charge < -0.3 is 9.64 Å². The fourth-order valence-electron chi connectivity index (χ4n) is 4.64. The molecule has 2 unspecified atom stereocenters. The van der Waals surface area contributed by atoms with Crippen LogP contribution >= 0.6 is 15.9 Å². The van der Waals surface area contributed by atoms with Gasteiger partial charge in [0.1, 0.15) is 11.4 Å². The zero-order chi connectivity index (χ0) is 29.3. The van der Waals surface area contributed by atoms with Crippen LogP contribution in [0.3, 0.4) is 0 Å². The molecule has 1 aliphatic heterocycles. The molecule has 7 heteroatoms. The number of allylic oxidation sites excluding steroid dienone is 2. The van der Waals surface area contributed by atoms with E-state index in [1.54, 1.807) is 9.47 Å². The molecule has 1 amide bonds. The molecular formula is C33H40BrN3O3. The molecule has 0 aliphatic carbocycles. The van der Waals surface area contributed by atoms with E-state index in [1.807, 2.05) is 88.4 Å². The predicted molar refractivity (Wildman–Crippen MR) is 166 cm³/mol. The van der Waals surface area contributed by atoms with E-state index < -0.39 is 5.60 Å². The summed E-state index contributed by atoms with van der Waals surface area (Å²) in [6.07, 6.45) is 5.45. The molecule has 0 saturated carbocycles. The minimum atomic E-state index is -0.558. The average molecular weight is 607 g/mol. The van der Waals surface area contributed by atoms with Crippen molar-refractivity contribution in [1.82, 2.24) is 14.5 Å². The third-order valence-electron chi connectivity index (χ3n) is 6.52. The number of rotatable bonds is 7. The molecule has 2 heterocycles. The van der Waals surface area contributed by atoms with Crippen molar-refractivity contribution >= 4 is 22.0 Å². The largest absolute Gasteiger partial charge is 0.444 e. The molecule has 0 spiro atoms. The van der Waals surface area contributed by atoms with Crippen molar-refractivity contribution in [2.24, 2.45) is 0 Å². The van der Waals surface area contributed by atoms with Gasteiger partial charge in [0.05, 0.1) is 18.3 Å². The van der Waals surface area contributed by atoms with E-state index >= 15 is 0 Å². The minimum absolute atomic E-state index is 0.0351. The van der Waals surface area contributed by atoms with Crippen molar-refractivity contribution in [3.63, 3.8) is 0 Å². The molecule has 0 saturated heterocycles. The third-order valence-corrected chi connectivity index (χ3v) is 7.42. The number of fused-ring (bicyclic) bond motifs is 1. The molecule has 0 fully saturated rings. The molecule has 2 aromatic carbocycles. The van der Waals surface area contributed by atoms with Crippen molar-refractivity contribution in [3.8, 4) is 0 Å². The second kappa shape index (κ2) is 14.3. The Hall–Kier alpha value is -3.45. The maximum atomic E-state index is 13.4. The quantitative estimate of drug-likeness (QED) is 0.204. The van der Waals surface area contributed by atoms with Crippen LogP contribution < -0.4 is 5.56 Å². The summed E-state index contributed by atoms with van der Waals surface area (Å²) in [4.78, 5) is 32.5. The second-order valence-corrected chi connectivity index (χ2v) is 11.9. The number of carbonyl (C=O) groups excluding carboxylic acids is 1. The van der Waals surface area contributed by atoms with E-state index in [-0.39, 0.29) is 17.7 Å². The topological polar surface area (TPSA) is 64.4 Å². The van der Waals surface area contributed by atoms with Crippen molar-refractivity contribution in [1.29, 1.82) is 0 Å². The molecule has 3 aromatic rings. The van der Waals surface area contributed by atoms with Gasteiger partial charge >= 0.3 is 6.09 Å². The van der Waals surface area contributed by atoms with Gasteiger partial charge in [-0.2, -0.15) is 0 Å². The summed E-state index contributed by atoms with van der Waals surface area (Å²) in [6.45, 7) is 15.7. The maximum absolute atomic E-state index is 13.4. The Morgan fingerprint density at radius 2 is 1.60 bits per heavy atom. The molecule has 6 nitrogen and oxygen atoms in total. The molecule has 2 atom stereocenters. The highest BCUT2D eigenvalue weighted by atomic mass is 79.9. The Balaban J connectivity index is 0.000000336. The fourth-order valence-corrected chi connectivity index (χ4v) is 5.21. The zero-order valence-electron chi connectivity index (χ0n) is 24.0. The molecule has 0 N–H and O–H groups in total. The lowest BCUT2D eigenvalue weighted by Crippen LogP contribution is -2.43. The van der Waals surface area contributed by atoms with E-state index in [2.05, 4.69) is 41.2 Å². The molecule has 40 heavy (non-hydrogen) atoms. The van der Waals surface area contributed by atoms with Crippen molar-refractivity contribution < 1.29 is 9.53 Å². The molecule has 1 aliphatic rings. The van der Waals surface area contributed by atoms with Crippen LogP contribution in [-0.4, -0.2) is 32.7 Å². The van der Waals surface area contributed by atoms with Gasteiger partial charge in [-0.15, -0.1) is 13.2 Å². The number of amides is 1. The van der Waals surface area contributed by atoms with Crippen molar-refractivity contribution in [2.45, 2.75) is 70.0 Å². The number of nitrogens with zero attached hydrogens (tertiary/aromatic N) is 3. The van der Waals surface area contributed by atoms with Gasteiger partial charge in [-0.1, -0.05) is 88.7 Å². The van der Waals surface area contributed by atoms with E-state index in [0.717, 1.165) is 12.0 Å². The summed E-state index contributed by atoms with van der Waals surface area (Å²) in [7, 11) is 0. The monoisotopic (exact) mass is 605 g/mol. The maximum Gasteiger partial charge on any atom is 0.410 e. The Morgan fingerprint density at radius 3 is 2.15 bits per heavy atom.